The molecule has 1 aliphatic heterocycles. The van der Waals surface area contributed by atoms with Gasteiger partial charge in [0.15, 0.2) is 5.16 Å². The lowest BCUT2D eigenvalue weighted by Crippen LogP contribution is -2.38. The molecule has 9 heteroatoms. The lowest BCUT2D eigenvalue weighted by Gasteiger charge is -2.27. The van der Waals surface area contributed by atoms with Crippen molar-refractivity contribution in [3.8, 4) is 0 Å². The van der Waals surface area contributed by atoms with E-state index in [0.717, 1.165) is 42.1 Å². The van der Waals surface area contributed by atoms with E-state index in [0.29, 0.717) is 13.2 Å². The molecule has 0 aliphatic carbocycles. The molecule has 1 saturated heterocycles. The Morgan fingerprint density at radius 3 is 2.56 bits per heavy atom. The summed E-state index contributed by atoms with van der Waals surface area (Å²) in [5.74, 6) is 1.08. The monoisotopic (exact) mass is 390 g/mol. The molecule has 0 atom stereocenters. The summed E-state index contributed by atoms with van der Waals surface area (Å²) < 4.78 is 7.45. The van der Waals surface area contributed by atoms with Crippen molar-refractivity contribution < 1.29 is 9.53 Å². The number of nitrogens with zero attached hydrogens (tertiary/aromatic N) is 5. The number of anilines is 3. The molecule has 3 rings (SSSR count). The Morgan fingerprint density at radius 2 is 1.93 bits per heavy atom. The zero-order chi connectivity index (χ0) is 19.2. The van der Waals surface area contributed by atoms with Gasteiger partial charge in [-0.2, -0.15) is 0 Å². The second kappa shape index (κ2) is 9.09. The van der Waals surface area contributed by atoms with Gasteiger partial charge in [0.2, 0.25) is 11.9 Å². The molecule has 8 nitrogen and oxygen atoms in total. The Morgan fingerprint density at radius 1 is 1.22 bits per heavy atom. The Balaban J connectivity index is 1.57. The maximum Gasteiger partial charge on any atom is 0.234 e. The smallest absolute Gasteiger partial charge is 0.234 e. The van der Waals surface area contributed by atoms with E-state index in [1.165, 1.54) is 11.8 Å². The van der Waals surface area contributed by atoms with E-state index in [1.54, 1.807) is 0 Å². The molecule has 0 spiro atoms. The topological polar surface area (TPSA) is 75.5 Å². The second-order valence-electron chi connectivity index (χ2n) is 6.40. The predicted molar refractivity (Wildman–Crippen MR) is 109 cm³/mol. The number of morpholine rings is 1. The number of rotatable bonds is 7. The lowest BCUT2D eigenvalue weighted by molar-refractivity contribution is -0.113. The molecule has 2 heterocycles. The summed E-state index contributed by atoms with van der Waals surface area (Å²) in [7, 11) is 3.97. The van der Waals surface area contributed by atoms with Crippen LogP contribution in [0.15, 0.2) is 29.4 Å². The molecule has 2 aromatic rings. The fraction of sp³-hybridized carbons (Fsp3) is 0.500. The summed E-state index contributed by atoms with van der Waals surface area (Å²) in [5, 5.41) is 12.3. The second-order valence-corrected chi connectivity index (χ2v) is 7.35. The van der Waals surface area contributed by atoms with Gasteiger partial charge in [-0.05, 0) is 31.2 Å². The highest BCUT2D eigenvalue weighted by Crippen LogP contribution is 2.23. The van der Waals surface area contributed by atoms with E-state index in [2.05, 4.69) is 31.9 Å². The minimum atomic E-state index is -0.0591. The molecular weight excluding hydrogens is 364 g/mol. The number of hydrogen-bond acceptors (Lipinski definition) is 7. The molecule has 1 aromatic heterocycles. The number of benzene rings is 1. The Kier molecular flexibility index (Phi) is 6.57. The van der Waals surface area contributed by atoms with Crippen molar-refractivity contribution in [3.05, 3.63) is 24.3 Å². The first kappa shape index (κ1) is 19.5. The lowest BCUT2D eigenvalue weighted by atomic mass is 10.2. The number of nitrogens with one attached hydrogen (secondary N) is 1. The van der Waals surface area contributed by atoms with Crippen molar-refractivity contribution in [1.29, 1.82) is 0 Å². The van der Waals surface area contributed by atoms with Crippen molar-refractivity contribution in [1.82, 2.24) is 14.8 Å². The van der Waals surface area contributed by atoms with Crippen LogP contribution in [0.3, 0.4) is 0 Å². The normalized spacial score (nSPS) is 14.3. The molecule has 1 fully saturated rings. The molecule has 1 N–H and O–H groups in total. The van der Waals surface area contributed by atoms with Crippen molar-refractivity contribution in [2.75, 3.05) is 61.3 Å². The third-order valence-corrected chi connectivity index (χ3v) is 5.27. The van der Waals surface area contributed by atoms with Gasteiger partial charge >= 0.3 is 0 Å². The number of hydrogen-bond donors (Lipinski definition) is 1. The Labute approximate surface area is 163 Å². The maximum atomic E-state index is 12.3. The average Bonchev–Trinajstić information content (AvgIpc) is 3.10. The van der Waals surface area contributed by atoms with Gasteiger partial charge in [-0.15, -0.1) is 10.2 Å². The molecule has 1 amide bonds. The zero-order valence-corrected chi connectivity index (χ0v) is 16.8. The molecular formula is C18H26N6O2S. The first-order chi connectivity index (χ1) is 13.1. The van der Waals surface area contributed by atoms with Crippen molar-refractivity contribution in [3.63, 3.8) is 0 Å². The number of carbonyl (C=O) groups excluding carboxylic acids is 1. The van der Waals surface area contributed by atoms with Crippen LogP contribution in [0.25, 0.3) is 0 Å². The SMILES string of the molecule is CCn1c(SCC(=O)Nc2ccc(N(C)C)cc2)nnc1N1CCOCC1. The summed E-state index contributed by atoms with van der Waals surface area (Å²) in [5.41, 5.74) is 1.88. The molecule has 0 bridgehead atoms. The van der Waals surface area contributed by atoms with Gasteiger partial charge in [0.05, 0.1) is 19.0 Å². The quantitative estimate of drug-likeness (QED) is 0.724. The minimum Gasteiger partial charge on any atom is -0.378 e. The zero-order valence-electron chi connectivity index (χ0n) is 16.0. The predicted octanol–water partition coefficient (Wildman–Crippen LogP) is 1.93. The van der Waals surface area contributed by atoms with E-state index in [-0.39, 0.29) is 11.7 Å². The van der Waals surface area contributed by atoms with E-state index in [1.807, 2.05) is 43.3 Å². The van der Waals surface area contributed by atoms with Gasteiger partial charge < -0.3 is 19.9 Å². The molecule has 0 saturated carbocycles. The highest BCUT2D eigenvalue weighted by Gasteiger charge is 2.20. The maximum absolute atomic E-state index is 12.3. The third-order valence-electron chi connectivity index (χ3n) is 4.31. The molecule has 146 valence electrons. The number of thioether (sulfide) groups is 1. The van der Waals surface area contributed by atoms with Gasteiger partial charge in [-0.3, -0.25) is 9.36 Å². The van der Waals surface area contributed by atoms with Crippen LogP contribution >= 0.6 is 11.8 Å². The van der Waals surface area contributed by atoms with Crippen LogP contribution in [-0.4, -0.2) is 66.8 Å². The molecule has 1 aromatic carbocycles. The van der Waals surface area contributed by atoms with Crippen LogP contribution in [0, 0.1) is 0 Å². The number of aromatic nitrogens is 3. The van der Waals surface area contributed by atoms with Crippen LogP contribution in [-0.2, 0) is 16.1 Å². The van der Waals surface area contributed by atoms with Gasteiger partial charge in [0, 0.05) is 45.1 Å². The number of ether oxygens (including phenoxy) is 1. The van der Waals surface area contributed by atoms with E-state index < -0.39 is 0 Å². The highest BCUT2D eigenvalue weighted by atomic mass is 32.2. The molecule has 0 unspecified atom stereocenters. The number of carbonyl (C=O) groups is 1. The van der Waals surface area contributed by atoms with Crippen LogP contribution < -0.4 is 15.1 Å². The van der Waals surface area contributed by atoms with Crippen molar-refractivity contribution >= 4 is 35.0 Å². The fourth-order valence-electron chi connectivity index (χ4n) is 2.83. The van der Waals surface area contributed by atoms with Gasteiger partial charge in [0.1, 0.15) is 0 Å². The molecule has 0 radical (unpaired) electrons. The number of amides is 1. The largest absolute Gasteiger partial charge is 0.378 e. The molecule has 1 aliphatic rings. The van der Waals surface area contributed by atoms with E-state index in [9.17, 15) is 4.79 Å². The minimum absolute atomic E-state index is 0.0591. The van der Waals surface area contributed by atoms with E-state index in [4.69, 9.17) is 4.74 Å². The van der Waals surface area contributed by atoms with Crippen LogP contribution in [0.4, 0.5) is 17.3 Å². The first-order valence-electron chi connectivity index (χ1n) is 9.04. The van der Waals surface area contributed by atoms with Gasteiger partial charge in [-0.1, -0.05) is 11.8 Å². The van der Waals surface area contributed by atoms with Crippen LogP contribution in [0.1, 0.15) is 6.92 Å². The van der Waals surface area contributed by atoms with Crippen molar-refractivity contribution in [2.24, 2.45) is 0 Å². The highest BCUT2D eigenvalue weighted by molar-refractivity contribution is 7.99. The van der Waals surface area contributed by atoms with Crippen molar-refractivity contribution in [2.45, 2.75) is 18.6 Å². The standard InChI is InChI=1S/C18H26N6O2S/c1-4-24-17(23-9-11-26-12-10-23)20-21-18(24)27-13-16(25)19-14-5-7-15(8-6-14)22(2)3/h5-8H,4,9-13H2,1-3H3,(H,19,25). The van der Waals surface area contributed by atoms with Crippen LogP contribution in [0.2, 0.25) is 0 Å². The summed E-state index contributed by atoms with van der Waals surface area (Å²) >= 11 is 1.40. The van der Waals surface area contributed by atoms with Gasteiger partial charge in [0.25, 0.3) is 0 Å². The molecule has 27 heavy (non-hydrogen) atoms. The fourth-order valence-corrected chi connectivity index (χ4v) is 3.63. The van der Waals surface area contributed by atoms with Gasteiger partial charge in [-0.25, -0.2) is 0 Å². The van der Waals surface area contributed by atoms with E-state index >= 15 is 0 Å². The Hall–Kier alpha value is -2.26. The first-order valence-corrected chi connectivity index (χ1v) is 10.0. The van der Waals surface area contributed by atoms with Crippen LogP contribution in [0.5, 0.6) is 0 Å². The summed E-state index contributed by atoms with van der Waals surface area (Å²) in [6.07, 6.45) is 0. The summed E-state index contributed by atoms with van der Waals surface area (Å²) in [6.45, 7) is 5.85. The average molecular weight is 391 g/mol. The summed E-state index contributed by atoms with van der Waals surface area (Å²) in [4.78, 5) is 16.5. The Bertz CT molecular complexity index is 756. The summed E-state index contributed by atoms with van der Waals surface area (Å²) in [6, 6.07) is 7.77. The third kappa shape index (κ3) is 4.92.